The van der Waals surface area contributed by atoms with Crippen LogP contribution in [0.15, 0.2) is 12.1 Å². The number of hydrogen-bond donors (Lipinski definition) is 1. The van der Waals surface area contributed by atoms with Crippen LogP contribution in [0.1, 0.15) is 28.8 Å². The van der Waals surface area contributed by atoms with Gasteiger partial charge in [0.1, 0.15) is 5.56 Å². The summed E-state index contributed by atoms with van der Waals surface area (Å²) < 4.78 is 23.2. The zero-order chi connectivity index (χ0) is 13.0. The predicted octanol–water partition coefficient (Wildman–Crippen LogP) is 1.68. The van der Waals surface area contributed by atoms with Crippen molar-refractivity contribution in [3.63, 3.8) is 0 Å². The van der Waals surface area contributed by atoms with Crippen LogP contribution in [-0.2, 0) is 4.74 Å². The van der Waals surface area contributed by atoms with E-state index in [1.54, 1.807) is 6.07 Å². The molecule has 1 unspecified atom stereocenters. The number of rotatable bonds is 4. The summed E-state index contributed by atoms with van der Waals surface area (Å²) in [6.45, 7) is 2.22. The molecule has 17 heavy (non-hydrogen) atoms. The number of methoxy groups -OCH3 is 2. The lowest BCUT2D eigenvalue weighted by molar-refractivity contribution is 0.0596. The molecule has 0 saturated carbocycles. The summed E-state index contributed by atoms with van der Waals surface area (Å²) in [5, 5.41) is 0. The van der Waals surface area contributed by atoms with Crippen molar-refractivity contribution < 1.29 is 18.7 Å². The Morgan fingerprint density at radius 1 is 1.47 bits per heavy atom. The molecule has 94 valence electrons. The van der Waals surface area contributed by atoms with E-state index in [9.17, 15) is 9.18 Å². The molecule has 0 spiro atoms. The highest BCUT2D eigenvalue weighted by atomic mass is 19.1. The highest BCUT2D eigenvalue weighted by molar-refractivity contribution is 5.92. The van der Waals surface area contributed by atoms with Crippen molar-refractivity contribution in [1.29, 1.82) is 0 Å². The monoisotopic (exact) mass is 241 g/mol. The van der Waals surface area contributed by atoms with Gasteiger partial charge in [-0.25, -0.2) is 9.18 Å². The molecule has 1 atom stereocenters. The molecule has 4 nitrogen and oxygen atoms in total. The Bertz CT molecular complexity index is 420. The topological polar surface area (TPSA) is 61.5 Å². The van der Waals surface area contributed by atoms with Gasteiger partial charge in [0.2, 0.25) is 0 Å². The Balaban J connectivity index is 3.33. The Morgan fingerprint density at radius 3 is 2.59 bits per heavy atom. The number of ether oxygens (including phenoxy) is 2. The molecular weight excluding hydrogens is 225 g/mol. The molecule has 0 aliphatic rings. The Morgan fingerprint density at radius 2 is 2.12 bits per heavy atom. The van der Waals surface area contributed by atoms with E-state index in [-0.39, 0.29) is 17.2 Å². The first-order chi connectivity index (χ1) is 8.04. The van der Waals surface area contributed by atoms with Crippen molar-refractivity contribution in [2.24, 2.45) is 5.73 Å². The summed E-state index contributed by atoms with van der Waals surface area (Å²) >= 11 is 0. The van der Waals surface area contributed by atoms with E-state index < -0.39 is 11.8 Å². The first-order valence-electron chi connectivity index (χ1n) is 5.21. The number of halogens is 1. The molecular formula is C12H16FNO3. The Labute approximate surface area is 99.5 Å². The van der Waals surface area contributed by atoms with Crippen LogP contribution in [0.5, 0.6) is 5.75 Å². The quantitative estimate of drug-likeness (QED) is 0.815. The molecule has 0 aromatic heterocycles. The van der Waals surface area contributed by atoms with Crippen LogP contribution in [0.4, 0.5) is 4.39 Å². The van der Waals surface area contributed by atoms with Gasteiger partial charge >= 0.3 is 5.97 Å². The molecule has 0 radical (unpaired) electrons. The van der Waals surface area contributed by atoms with Crippen molar-refractivity contribution in [2.75, 3.05) is 20.8 Å². The van der Waals surface area contributed by atoms with Crippen LogP contribution in [0.25, 0.3) is 0 Å². The minimum atomic E-state index is -0.633. The third-order valence-electron chi connectivity index (χ3n) is 2.60. The summed E-state index contributed by atoms with van der Waals surface area (Å²) in [4.78, 5) is 11.5. The van der Waals surface area contributed by atoms with Crippen LogP contribution in [0.3, 0.4) is 0 Å². The lowest BCUT2D eigenvalue weighted by Crippen LogP contribution is -2.12. The van der Waals surface area contributed by atoms with E-state index in [4.69, 9.17) is 10.5 Å². The van der Waals surface area contributed by atoms with E-state index in [1.807, 2.05) is 6.92 Å². The molecule has 0 saturated heterocycles. The van der Waals surface area contributed by atoms with Crippen molar-refractivity contribution >= 4 is 5.97 Å². The van der Waals surface area contributed by atoms with E-state index >= 15 is 0 Å². The van der Waals surface area contributed by atoms with Crippen molar-refractivity contribution in [2.45, 2.75) is 12.8 Å². The van der Waals surface area contributed by atoms with Gasteiger partial charge in [0.15, 0.2) is 11.6 Å². The third-order valence-corrected chi connectivity index (χ3v) is 2.60. The highest BCUT2D eigenvalue weighted by Crippen LogP contribution is 2.28. The minimum absolute atomic E-state index is 0.0428. The van der Waals surface area contributed by atoms with Gasteiger partial charge in [0.25, 0.3) is 0 Å². The molecule has 2 N–H and O–H groups in total. The molecule has 5 heteroatoms. The molecule has 1 rings (SSSR count). The number of carbonyl (C=O) groups excluding carboxylic acids is 1. The first-order valence-corrected chi connectivity index (χ1v) is 5.21. The summed E-state index contributed by atoms with van der Waals surface area (Å²) in [5.74, 6) is -1.37. The van der Waals surface area contributed by atoms with Crippen LogP contribution >= 0.6 is 0 Å². The largest absolute Gasteiger partial charge is 0.493 e. The van der Waals surface area contributed by atoms with E-state index in [0.29, 0.717) is 12.1 Å². The van der Waals surface area contributed by atoms with Gasteiger partial charge in [-0.2, -0.15) is 0 Å². The van der Waals surface area contributed by atoms with E-state index in [0.717, 1.165) is 0 Å². The smallest absolute Gasteiger partial charge is 0.341 e. The Hall–Kier alpha value is -1.62. The summed E-state index contributed by atoms with van der Waals surface area (Å²) in [6.07, 6.45) is 0. The second-order valence-electron chi connectivity index (χ2n) is 3.71. The van der Waals surface area contributed by atoms with E-state index in [1.165, 1.54) is 20.3 Å². The lowest BCUT2D eigenvalue weighted by atomic mass is 9.98. The molecule has 0 aliphatic carbocycles. The first kappa shape index (κ1) is 13.4. The molecule has 0 heterocycles. The fraction of sp³-hybridized carbons (Fsp3) is 0.417. The fourth-order valence-corrected chi connectivity index (χ4v) is 1.50. The molecule has 1 aromatic rings. The maximum atomic E-state index is 13.7. The van der Waals surface area contributed by atoms with Gasteiger partial charge in [0.05, 0.1) is 14.2 Å². The third kappa shape index (κ3) is 2.74. The van der Waals surface area contributed by atoms with Crippen molar-refractivity contribution in [1.82, 2.24) is 0 Å². The van der Waals surface area contributed by atoms with Crippen LogP contribution < -0.4 is 10.5 Å². The standard InChI is InChI=1S/C12H16FNO3/c1-7(6-14)8-4-9(12(15)17-3)11(16-2)10(13)5-8/h4-5,7H,6,14H2,1-3H3. The van der Waals surface area contributed by atoms with Gasteiger partial charge in [-0.05, 0) is 30.2 Å². The maximum Gasteiger partial charge on any atom is 0.341 e. The van der Waals surface area contributed by atoms with Gasteiger partial charge in [0, 0.05) is 0 Å². The summed E-state index contributed by atoms with van der Waals surface area (Å²) in [7, 11) is 2.54. The maximum absolute atomic E-state index is 13.7. The number of nitrogens with two attached hydrogens (primary N) is 1. The zero-order valence-corrected chi connectivity index (χ0v) is 10.1. The zero-order valence-electron chi connectivity index (χ0n) is 10.1. The van der Waals surface area contributed by atoms with Crippen LogP contribution in [-0.4, -0.2) is 26.7 Å². The highest BCUT2D eigenvalue weighted by Gasteiger charge is 2.19. The van der Waals surface area contributed by atoms with Gasteiger partial charge in [-0.1, -0.05) is 6.92 Å². The summed E-state index contributed by atoms with van der Waals surface area (Å²) in [6, 6.07) is 2.87. The average molecular weight is 241 g/mol. The molecule has 0 fully saturated rings. The van der Waals surface area contributed by atoms with Crippen molar-refractivity contribution in [3.05, 3.63) is 29.1 Å². The molecule has 1 aromatic carbocycles. The molecule has 0 aliphatic heterocycles. The van der Waals surface area contributed by atoms with Gasteiger partial charge < -0.3 is 15.2 Å². The Kier molecular flexibility index (Phi) is 4.45. The second-order valence-corrected chi connectivity index (χ2v) is 3.71. The number of esters is 1. The van der Waals surface area contributed by atoms with Crippen LogP contribution in [0.2, 0.25) is 0 Å². The van der Waals surface area contributed by atoms with Crippen LogP contribution in [0, 0.1) is 5.82 Å². The molecule has 0 amide bonds. The van der Waals surface area contributed by atoms with E-state index in [2.05, 4.69) is 4.74 Å². The average Bonchev–Trinajstić information content (AvgIpc) is 2.35. The number of benzene rings is 1. The molecule has 0 bridgehead atoms. The van der Waals surface area contributed by atoms with Gasteiger partial charge in [-0.3, -0.25) is 0 Å². The minimum Gasteiger partial charge on any atom is -0.493 e. The number of carbonyl (C=O) groups is 1. The number of hydrogen-bond acceptors (Lipinski definition) is 4. The van der Waals surface area contributed by atoms with Gasteiger partial charge in [-0.15, -0.1) is 0 Å². The SMILES string of the molecule is COC(=O)c1cc(C(C)CN)cc(F)c1OC. The van der Waals surface area contributed by atoms with Crippen molar-refractivity contribution in [3.8, 4) is 5.75 Å². The lowest BCUT2D eigenvalue weighted by Gasteiger charge is -2.14. The normalized spacial score (nSPS) is 12.1. The predicted molar refractivity (Wildman–Crippen MR) is 61.8 cm³/mol. The summed E-state index contributed by atoms with van der Waals surface area (Å²) in [5.41, 5.74) is 6.23. The second kappa shape index (κ2) is 5.63. The fourth-order valence-electron chi connectivity index (χ4n) is 1.50.